The summed E-state index contributed by atoms with van der Waals surface area (Å²) < 4.78 is 0. The van der Waals surface area contributed by atoms with Crippen LogP contribution in [-0.2, 0) is 6.54 Å². The van der Waals surface area contributed by atoms with Crippen LogP contribution in [0.4, 0.5) is 17.5 Å². The summed E-state index contributed by atoms with van der Waals surface area (Å²) in [5, 5.41) is 15.2. The molecule has 122 valence electrons. The number of hydrogen-bond donors (Lipinski definition) is 2. The van der Waals surface area contributed by atoms with E-state index in [0.717, 1.165) is 11.3 Å². The lowest BCUT2D eigenvalue weighted by Crippen LogP contribution is -2.06. The molecule has 0 saturated heterocycles. The van der Waals surface area contributed by atoms with E-state index in [9.17, 15) is 0 Å². The van der Waals surface area contributed by atoms with Crippen LogP contribution in [0.2, 0.25) is 10.0 Å². The maximum atomic E-state index is 6.01. The second-order valence-electron chi connectivity index (χ2n) is 5.26. The van der Waals surface area contributed by atoms with Crippen molar-refractivity contribution in [2.24, 2.45) is 0 Å². The molecule has 0 aliphatic carbocycles. The van der Waals surface area contributed by atoms with Crippen LogP contribution in [-0.4, -0.2) is 15.2 Å². The van der Waals surface area contributed by atoms with Crippen LogP contribution < -0.4 is 10.6 Å². The molecule has 2 N–H and O–H groups in total. The number of aromatic nitrogens is 3. The predicted molar refractivity (Wildman–Crippen MR) is 98.1 cm³/mol. The Bertz CT molecular complexity index is 837. The smallest absolute Gasteiger partial charge is 0.244 e. The van der Waals surface area contributed by atoms with Crippen molar-refractivity contribution in [3.8, 4) is 0 Å². The van der Waals surface area contributed by atoms with Gasteiger partial charge in [0.05, 0.1) is 16.2 Å². The lowest BCUT2D eigenvalue weighted by Gasteiger charge is -2.08. The first-order valence-electron chi connectivity index (χ1n) is 7.31. The third-order valence-corrected chi connectivity index (χ3v) is 4.06. The van der Waals surface area contributed by atoms with Crippen LogP contribution in [0, 0.1) is 6.92 Å². The minimum Gasteiger partial charge on any atom is -0.349 e. The van der Waals surface area contributed by atoms with Crippen molar-refractivity contribution in [3.05, 3.63) is 69.8 Å². The standard InChI is InChI=1S/C17H15Cl2N5/c1-11-2-4-12(5-3-11)9-20-17-23-16(10-21-24-17)22-13-6-7-14(18)15(19)8-13/h2-8,10H,9H2,1H3,(H2,20,22,23,24). The average Bonchev–Trinajstić information content (AvgIpc) is 2.58. The molecule has 0 aliphatic heterocycles. The van der Waals surface area contributed by atoms with Crippen LogP contribution in [0.5, 0.6) is 0 Å². The first-order chi connectivity index (χ1) is 11.6. The molecule has 1 heterocycles. The highest BCUT2D eigenvalue weighted by molar-refractivity contribution is 6.42. The van der Waals surface area contributed by atoms with E-state index in [0.29, 0.717) is 28.4 Å². The predicted octanol–water partition coefficient (Wildman–Crippen LogP) is 4.84. The molecule has 24 heavy (non-hydrogen) atoms. The molecule has 2 aromatic carbocycles. The highest BCUT2D eigenvalue weighted by Crippen LogP contribution is 2.26. The minimum absolute atomic E-state index is 0.445. The molecule has 1 aromatic heterocycles. The quantitative estimate of drug-likeness (QED) is 0.682. The molecular weight excluding hydrogens is 345 g/mol. The molecule has 0 unspecified atom stereocenters. The zero-order valence-corrected chi connectivity index (χ0v) is 14.4. The van der Waals surface area contributed by atoms with E-state index in [-0.39, 0.29) is 0 Å². The van der Waals surface area contributed by atoms with E-state index in [1.165, 1.54) is 5.56 Å². The van der Waals surface area contributed by atoms with Crippen molar-refractivity contribution in [2.45, 2.75) is 13.5 Å². The largest absolute Gasteiger partial charge is 0.349 e. The summed E-state index contributed by atoms with van der Waals surface area (Å²) >= 11 is 11.9. The fourth-order valence-corrected chi connectivity index (χ4v) is 2.35. The summed E-state index contributed by atoms with van der Waals surface area (Å²) in [6.07, 6.45) is 1.54. The van der Waals surface area contributed by atoms with E-state index in [1.54, 1.807) is 18.3 Å². The first kappa shape index (κ1) is 16.5. The third kappa shape index (κ3) is 4.34. The molecule has 3 aromatic rings. The first-order valence-corrected chi connectivity index (χ1v) is 8.07. The highest BCUT2D eigenvalue weighted by Gasteiger charge is 2.04. The Balaban J connectivity index is 1.67. The second kappa shape index (κ2) is 7.47. The number of anilines is 3. The van der Waals surface area contributed by atoms with Gasteiger partial charge in [-0.1, -0.05) is 53.0 Å². The minimum atomic E-state index is 0.445. The normalized spacial score (nSPS) is 10.5. The highest BCUT2D eigenvalue weighted by atomic mass is 35.5. The van der Waals surface area contributed by atoms with Crippen molar-refractivity contribution >= 4 is 40.7 Å². The van der Waals surface area contributed by atoms with Crippen LogP contribution in [0.25, 0.3) is 0 Å². The number of halogens is 2. The third-order valence-electron chi connectivity index (χ3n) is 3.32. The Labute approximate surface area is 150 Å². The number of aryl methyl sites for hydroxylation is 1. The Morgan fingerprint density at radius 3 is 2.54 bits per heavy atom. The van der Waals surface area contributed by atoms with Gasteiger partial charge in [-0.05, 0) is 30.7 Å². The summed E-state index contributed by atoms with van der Waals surface area (Å²) in [6.45, 7) is 2.68. The van der Waals surface area contributed by atoms with Crippen molar-refractivity contribution in [1.82, 2.24) is 15.2 Å². The van der Waals surface area contributed by atoms with Gasteiger partial charge in [-0.25, -0.2) is 0 Å². The van der Waals surface area contributed by atoms with Gasteiger partial charge in [0.25, 0.3) is 0 Å². The maximum absolute atomic E-state index is 6.01. The molecule has 0 radical (unpaired) electrons. The molecule has 7 heteroatoms. The summed E-state index contributed by atoms with van der Waals surface area (Å²) in [7, 11) is 0. The van der Waals surface area contributed by atoms with Crippen molar-refractivity contribution in [3.63, 3.8) is 0 Å². The molecule has 0 spiro atoms. The van der Waals surface area contributed by atoms with Gasteiger partial charge < -0.3 is 10.6 Å². The monoisotopic (exact) mass is 359 g/mol. The number of benzene rings is 2. The van der Waals surface area contributed by atoms with Crippen molar-refractivity contribution in [1.29, 1.82) is 0 Å². The molecule has 0 bridgehead atoms. The lowest BCUT2D eigenvalue weighted by atomic mass is 10.1. The molecule has 0 atom stereocenters. The Kier molecular flexibility index (Phi) is 5.13. The molecule has 0 fully saturated rings. The summed E-state index contributed by atoms with van der Waals surface area (Å²) in [6, 6.07) is 13.5. The molecule has 0 saturated carbocycles. The van der Waals surface area contributed by atoms with Crippen LogP contribution >= 0.6 is 23.2 Å². The van der Waals surface area contributed by atoms with Gasteiger partial charge in [0.1, 0.15) is 0 Å². The van der Waals surface area contributed by atoms with Gasteiger partial charge in [0.2, 0.25) is 5.95 Å². The number of nitrogens with one attached hydrogen (secondary N) is 2. The Morgan fingerprint density at radius 1 is 1.00 bits per heavy atom. The van der Waals surface area contributed by atoms with E-state index in [4.69, 9.17) is 23.2 Å². The summed E-state index contributed by atoms with van der Waals surface area (Å²) in [5.74, 6) is 1.01. The van der Waals surface area contributed by atoms with Crippen LogP contribution in [0.3, 0.4) is 0 Å². The maximum Gasteiger partial charge on any atom is 0.244 e. The molecule has 5 nitrogen and oxygen atoms in total. The number of rotatable bonds is 5. The lowest BCUT2D eigenvalue weighted by molar-refractivity contribution is 0.948. The zero-order chi connectivity index (χ0) is 16.9. The summed E-state index contributed by atoms with van der Waals surface area (Å²) in [5.41, 5.74) is 3.14. The van der Waals surface area contributed by atoms with E-state index < -0.39 is 0 Å². The Hall–Kier alpha value is -2.37. The van der Waals surface area contributed by atoms with Gasteiger partial charge in [-0.3, -0.25) is 0 Å². The zero-order valence-electron chi connectivity index (χ0n) is 12.9. The van der Waals surface area contributed by atoms with Crippen molar-refractivity contribution < 1.29 is 0 Å². The molecule has 0 aliphatic rings. The van der Waals surface area contributed by atoms with Gasteiger partial charge in [0.15, 0.2) is 5.82 Å². The van der Waals surface area contributed by atoms with Crippen LogP contribution in [0.15, 0.2) is 48.7 Å². The molecule has 3 rings (SSSR count). The topological polar surface area (TPSA) is 62.7 Å². The van der Waals surface area contributed by atoms with Crippen molar-refractivity contribution in [2.75, 3.05) is 10.6 Å². The SMILES string of the molecule is Cc1ccc(CNc2nncc(Nc3ccc(Cl)c(Cl)c3)n2)cc1. The average molecular weight is 360 g/mol. The van der Waals surface area contributed by atoms with Gasteiger partial charge in [-0.2, -0.15) is 10.1 Å². The molecular formula is C17H15Cl2N5. The van der Waals surface area contributed by atoms with E-state index in [2.05, 4.69) is 57.0 Å². The van der Waals surface area contributed by atoms with Gasteiger partial charge in [0, 0.05) is 12.2 Å². The van der Waals surface area contributed by atoms with E-state index in [1.807, 2.05) is 6.07 Å². The fraction of sp³-hybridized carbons (Fsp3) is 0.118. The number of hydrogen-bond acceptors (Lipinski definition) is 5. The Morgan fingerprint density at radius 2 is 1.79 bits per heavy atom. The molecule has 0 amide bonds. The van der Waals surface area contributed by atoms with Gasteiger partial charge >= 0.3 is 0 Å². The second-order valence-corrected chi connectivity index (χ2v) is 6.07. The van der Waals surface area contributed by atoms with Crippen LogP contribution in [0.1, 0.15) is 11.1 Å². The summed E-state index contributed by atoms with van der Waals surface area (Å²) in [4.78, 5) is 4.38. The fourth-order valence-electron chi connectivity index (χ4n) is 2.05. The van der Waals surface area contributed by atoms with E-state index >= 15 is 0 Å². The van der Waals surface area contributed by atoms with Gasteiger partial charge in [-0.15, -0.1) is 5.10 Å². The number of nitrogens with zero attached hydrogens (tertiary/aromatic N) is 3.